The van der Waals surface area contributed by atoms with Crippen LogP contribution in [0, 0.1) is 0 Å². The number of rotatable bonds is 12. The standard InChI is InChI=1S/C33H40O7/c1-24-29(34-19-25-13-7-4-8-14-25)30(35-20-26-15-9-5-10-16-26)31(36-21-27-17-11-6-12-18-27)32(39-24)37-22-28-23-38-33(2,3)40-28/h4-18,24,28-32H,19-23H2,1-3H3/t24-,28-,29+,30+,31-,32+/m0/s1. The van der Waals surface area contributed by atoms with Gasteiger partial charge in [0.1, 0.15) is 24.4 Å². The lowest BCUT2D eigenvalue weighted by atomic mass is 9.98. The molecule has 0 saturated carbocycles. The predicted octanol–water partition coefficient (Wildman–Crippen LogP) is 5.66. The summed E-state index contributed by atoms with van der Waals surface area (Å²) in [4.78, 5) is 0. The lowest BCUT2D eigenvalue weighted by Crippen LogP contribution is -2.60. The van der Waals surface area contributed by atoms with Crippen LogP contribution in [0.3, 0.4) is 0 Å². The molecule has 2 aliphatic heterocycles. The molecule has 0 spiro atoms. The minimum atomic E-state index is -0.677. The van der Waals surface area contributed by atoms with E-state index in [4.69, 9.17) is 33.2 Å². The van der Waals surface area contributed by atoms with Gasteiger partial charge >= 0.3 is 0 Å². The summed E-state index contributed by atoms with van der Waals surface area (Å²) in [6.45, 7) is 7.81. The third kappa shape index (κ3) is 7.98. The van der Waals surface area contributed by atoms with Gasteiger partial charge in [-0.3, -0.25) is 0 Å². The normalized spacial score (nSPS) is 28.0. The molecule has 2 fully saturated rings. The minimum absolute atomic E-state index is 0.195. The topological polar surface area (TPSA) is 64.6 Å². The molecule has 6 atom stereocenters. The van der Waals surface area contributed by atoms with E-state index < -0.39 is 24.3 Å². The second kappa shape index (κ2) is 13.8. The molecule has 2 heterocycles. The van der Waals surface area contributed by atoms with Crippen LogP contribution in [-0.4, -0.2) is 55.8 Å². The van der Waals surface area contributed by atoms with E-state index in [0.29, 0.717) is 33.0 Å². The fourth-order valence-corrected chi connectivity index (χ4v) is 5.05. The molecule has 2 aliphatic rings. The first-order valence-corrected chi connectivity index (χ1v) is 14.0. The van der Waals surface area contributed by atoms with Gasteiger partial charge in [-0.1, -0.05) is 91.0 Å². The average molecular weight is 549 g/mol. The molecule has 3 aromatic carbocycles. The van der Waals surface area contributed by atoms with Crippen LogP contribution in [-0.2, 0) is 53.0 Å². The van der Waals surface area contributed by atoms with Gasteiger partial charge in [-0.15, -0.1) is 0 Å². The largest absolute Gasteiger partial charge is 0.368 e. The molecule has 0 bridgehead atoms. The SMILES string of the molecule is C[C@@H]1O[C@@H](OC[C@H]2COC(C)(C)O2)[C@@H](OCc2ccccc2)[C@H](OCc2ccccc2)[C@@H]1OCc1ccccc1. The molecular weight excluding hydrogens is 508 g/mol. The summed E-state index contributed by atoms with van der Waals surface area (Å²) in [6.07, 6.45) is -2.55. The van der Waals surface area contributed by atoms with E-state index in [9.17, 15) is 0 Å². The Morgan fingerprint density at radius 1 is 0.650 bits per heavy atom. The second-order valence-electron chi connectivity index (χ2n) is 10.8. The van der Waals surface area contributed by atoms with Gasteiger partial charge in [0.2, 0.25) is 0 Å². The van der Waals surface area contributed by atoms with Gasteiger partial charge in [-0.05, 0) is 37.5 Å². The van der Waals surface area contributed by atoms with Gasteiger partial charge < -0.3 is 33.2 Å². The van der Waals surface area contributed by atoms with Crippen LogP contribution in [0.15, 0.2) is 91.0 Å². The molecule has 3 aromatic rings. The number of hydrogen-bond acceptors (Lipinski definition) is 7. The maximum Gasteiger partial charge on any atom is 0.186 e. The molecule has 7 heteroatoms. The second-order valence-corrected chi connectivity index (χ2v) is 10.8. The van der Waals surface area contributed by atoms with E-state index in [1.165, 1.54) is 0 Å². The first kappa shape index (κ1) is 28.9. The predicted molar refractivity (Wildman–Crippen MR) is 150 cm³/mol. The van der Waals surface area contributed by atoms with Crippen LogP contribution in [0.1, 0.15) is 37.5 Å². The Bertz CT molecular complexity index is 1140. The molecule has 0 aliphatic carbocycles. The van der Waals surface area contributed by atoms with Crippen molar-refractivity contribution in [3.05, 3.63) is 108 Å². The molecule has 40 heavy (non-hydrogen) atoms. The van der Waals surface area contributed by atoms with Crippen molar-refractivity contribution in [2.75, 3.05) is 13.2 Å². The zero-order valence-corrected chi connectivity index (χ0v) is 23.5. The highest BCUT2D eigenvalue weighted by Crippen LogP contribution is 2.32. The van der Waals surface area contributed by atoms with Crippen molar-refractivity contribution in [3.63, 3.8) is 0 Å². The first-order valence-electron chi connectivity index (χ1n) is 14.0. The molecule has 0 unspecified atom stereocenters. The molecule has 0 N–H and O–H groups in total. The van der Waals surface area contributed by atoms with Crippen molar-refractivity contribution in [1.29, 1.82) is 0 Å². The van der Waals surface area contributed by atoms with Crippen LogP contribution in [0.4, 0.5) is 0 Å². The van der Waals surface area contributed by atoms with Gasteiger partial charge in [-0.2, -0.15) is 0 Å². The lowest BCUT2D eigenvalue weighted by Gasteiger charge is -2.45. The Morgan fingerprint density at radius 3 is 1.60 bits per heavy atom. The zero-order valence-electron chi connectivity index (χ0n) is 23.5. The van der Waals surface area contributed by atoms with Crippen molar-refractivity contribution in [2.45, 2.75) is 83.2 Å². The highest BCUT2D eigenvalue weighted by atomic mass is 16.8. The Hall–Kier alpha value is -2.62. The van der Waals surface area contributed by atoms with Crippen LogP contribution < -0.4 is 0 Å². The maximum absolute atomic E-state index is 6.61. The van der Waals surface area contributed by atoms with Gasteiger partial charge in [0, 0.05) is 0 Å². The highest BCUT2D eigenvalue weighted by Gasteiger charge is 2.48. The summed E-state index contributed by atoms with van der Waals surface area (Å²) >= 11 is 0. The fourth-order valence-electron chi connectivity index (χ4n) is 5.05. The van der Waals surface area contributed by atoms with E-state index in [1.54, 1.807) is 0 Å². The Morgan fingerprint density at radius 2 is 1.12 bits per heavy atom. The van der Waals surface area contributed by atoms with E-state index in [2.05, 4.69) is 24.3 Å². The molecule has 0 radical (unpaired) electrons. The van der Waals surface area contributed by atoms with Crippen molar-refractivity contribution in [3.8, 4) is 0 Å². The van der Waals surface area contributed by atoms with Crippen LogP contribution in [0.25, 0.3) is 0 Å². The summed E-state index contributed by atoms with van der Waals surface area (Å²) in [5.41, 5.74) is 3.21. The number of benzene rings is 3. The van der Waals surface area contributed by atoms with Crippen molar-refractivity contribution in [1.82, 2.24) is 0 Å². The molecule has 7 nitrogen and oxygen atoms in total. The molecule has 214 valence electrons. The van der Waals surface area contributed by atoms with Gasteiger partial charge in [-0.25, -0.2) is 0 Å². The summed E-state index contributed by atoms with van der Waals surface area (Å²) in [6, 6.07) is 30.3. The van der Waals surface area contributed by atoms with Gasteiger partial charge in [0.05, 0.1) is 39.1 Å². The number of hydrogen-bond donors (Lipinski definition) is 0. The van der Waals surface area contributed by atoms with E-state index in [-0.39, 0.29) is 18.3 Å². The fraction of sp³-hybridized carbons (Fsp3) is 0.455. The summed E-state index contributed by atoms with van der Waals surface area (Å²) in [7, 11) is 0. The quantitative estimate of drug-likeness (QED) is 0.290. The van der Waals surface area contributed by atoms with Crippen LogP contribution in [0.5, 0.6) is 0 Å². The van der Waals surface area contributed by atoms with Crippen LogP contribution in [0.2, 0.25) is 0 Å². The molecule has 5 rings (SSSR count). The minimum Gasteiger partial charge on any atom is -0.368 e. The Labute approximate surface area is 237 Å². The summed E-state index contributed by atoms with van der Waals surface area (Å²) in [5.74, 6) is -0.629. The molecule has 2 saturated heterocycles. The Kier molecular flexibility index (Phi) is 9.99. The third-order valence-corrected chi connectivity index (χ3v) is 7.10. The number of ether oxygens (including phenoxy) is 7. The molecular formula is C33H40O7. The van der Waals surface area contributed by atoms with E-state index >= 15 is 0 Å². The summed E-state index contributed by atoms with van der Waals surface area (Å²) < 4.78 is 44.1. The van der Waals surface area contributed by atoms with E-state index in [1.807, 2.05) is 87.5 Å². The monoisotopic (exact) mass is 548 g/mol. The Balaban J connectivity index is 1.36. The van der Waals surface area contributed by atoms with Crippen LogP contribution >= 0.6 is 0 Å². The highest BCUT2D eigenvalue weighted by molar-refractivity contribution is 5.15. The molecule has 0 aromatic heterocycles. The summed E-state index contributed by atoms with van der Waals surface area (Å²) in [5, 5.41) is 0. The first-order chi connectivity index (χ1) is 19.5. The maximum atomic E-state index is 6.61. The smallest absolute Gasteiger partial charge is 0.186 e. The molecule has 0 amide bonds. The van der Waals surface area contributed by atoms with Crippen molar-refractivity contribution < 1.29 is 33.2 Å². The van der Waals surface area contributed by atoms with Gasteiger partial charge in [0.25, 0.3) is 0 Å². The van der Waals surface area contributed by atoms with Crippen molar-refractivity contribution in [2.24, 2.45) is 0 Å². The lowest BCUT2D eigenvalue weighted by molar-refractivity contribution is -0.323. The van der Waals surface area contributed by atoms with Gasteiger partial charge in [0.15, 0.2) is 12.1 Å². The zero-order chi connectivity index (χ0) is 27.8. The third-order valence-electron chi connectivity index (χ3n) is 7.10. The van der Waals surface area contributed by atoms with E-state index in [0.717, 1.165) is 16.7 Å². The van der Waals surface area contributed by atoms with Crippen molar-refractivity contribution >= 4 is 0 Å². The average Bonchev–Trinajstić information content (AvgIpc) is 3.33.